The van der Waals surface area contributed by atoms with Crippen molar-refractivity contribution in [2.24, 2.45) is 7.05 Å². The molecule has 2 heterocycles. The maximum Gasteiger partial charge on any atom is 0.260 e. The highest BCUT2D eigenvalue weighted by Crippen LogP contribution is 2.28. The van der Waals surface area contributed by atoms with E-state index in [1.807, 2.05) is 6.07 Å². The second-order valence-corrected chi connectivity index (χ2v) is 6.97. The molecule has 0 fully saturated rings. The smallest absolute Gasteiger partial charge is 0.260 e. The molecule has 8 heteroatoms. The average molecular weight is 418 g/mol. The van der Waals surface area contributed by atoms with Crippen LogP contribution in [-0.2, 0) is 13.6 Å². The van der Waals surface area contributed by atoms with Crippen LogP contribution in [0.3, 0.4) is 0 Å². The minimum absolute atomic E-state index is 0.201. The second kappa shape index (κ2) is 8.46. The molecule has 0 radical (unpaired) electrons. The molecule has 3 rings (SSSR count). The minimum Gasteiger partial charge on any atom is -0.481 e. The van der Waals surface area contributed by atoms with E-state index < -0.39 is 0 Å². The average Bonchev–Trinajstić information content (AvgIpc) is 2.67. The molecule has 28 heavy (non-hydrogen) atoms. The molecule has 0 saturated carbocycles. The van der Waals surface area contributed by atoms with Gasteiger partial charge >= 0.3 is 0 Å². The summed E-state index contributed by atoms with van der Waals surface area (Å²) in [6, 6.07) is 11.3. The number of nitrogens with zero attached hydrogens (tertiary/aromatic N) is 3. The molecule has 144 valence electrons. The largest absolute Gasteiger partial charge is 0.481 e. The van der Waals surface area contributed by atoms with Gasteiger partial charge in [-0.05, 0) is 29.8 Å². The van der Waals surface area contributed by atoms with Crippen molar-refractivity contribution in [2.45, 2.75) is 6.54 Å². The first-order chi connectivity index (χ1) is 13.4. The van der Waals surface area contributed by atoms with Crippen LogP contribution < -0.4 is 15.2 Å². The third kappa shape index (κ3) is 4.52. The highest BCUT2D eigenvalue weighted by Gasteiger charge is 2.20. The molecule has 0 saturated heterocycles. The lowest BCUT2D eigenvalue weighted by Gasteiger charge is -2.24. The van der Waals surface area contributed by atoms with Gasteiger partial charge in [0.15, 0.2) is 0 Å². The predicted molar refractivity (Wildman–Crippen MR) is 109 cm³/mol. The van der Waals surface area contributed by atoms with Crippen molar-refractivity contribution in [2.75, 3.05) is 12.0 Å². The highest BCUT2D eigenvalue weighted by molar-refractivity contribution is 6.35. The number of carbonyl (C=O) groups is 1. The van der Waals surface area contributed by atoms with Crippen molar-refractivity contribution < 1.29 is 9.53 Å². The molecule has 0 N–H and O–H groups in total. The van der Waals surface area contributed by atoms with E-state index in [9.17, 15) is 9.59 Å². The van der Waals surface area contributed by atoms with E-state index >= 15 is 0 Å². The molecule has 0 unspecified atom stereocenters. The Morgan fingerprint density at radius 1 is 1.14 bits per heavy atom. The van der Waals surface area contributed by atoms with Crippen molar-refractivity contribution in [1.82, 2.24) is 9.55 Å². The number of aromatic nitrogens is 2. The third-order valence-corrected chi connectivity index (χ3v) is 4.52. The van der Waals surface area contributed by atoms with Crippen LogP contribution in [0.4, 0.5) is 5.69 Å². The van der Waals surface area contributed by atoms with Gasteiger partial charge in [-0.1, -0.05) is 29.3 Å². The third-order valence-electron chi connectivity index (χ3n) is 4.08. The molecular weight excluding hydrogens is 401 g/mol. The van der Waals surface area contributed by atoms with Gasteiger partial charge in [0.25, 0.3) is 5.91 Å². The van der Waals surface area contributed by atoms with Gasteiger partial charge in [0.1, 0.15) is 0 Å². The van der Waals surface area contributed by atoms with E-state index in [2.05, 4.69) is 4.98 Å². The fourth-order valence-corrected chi connectivity index (χ4v) is 3.17. The van der Waals surface area contributed by atoms with Crippen LogP contribution >= 0.6 is 23.2 Å². The summed E-state index contributed by atoms with van der Waals surface area (Å²) in [4.78, 5) is 30.6. The Balaban J connectivity index is 2.02. The Labute approximate surface area is 171 Å². The molecule has 0 aliphatic carbocycles. The number of pyridine rings is 2. The number of benzene rings is 1. The summed E-state index contributed by atoms with van der Waals surface area (Å²) < 4.78 is 6.42. The first-order valence-electron chi connectivity index (χ1n) is 8.31. The van der Waals surface area contributed by atoms with E-state index in [0.29, 0.717) is 27.2 Å². The SMILES string of the molecule is COc1ccc(CN(C(=O)c2ccc(=O)n(C)c2)c2cc(Cl)cc(Cl)c2)cn1. The number of anilines is 1. The van der Waals surface area contributed by atoms with E-state index in [1.165, 1.54) is 34.9 Å². The summed E-state index contributed by atoms with van der Waals surface area (Å²) in [5, 5.41) is 0.822. The van der Waals surface area contributed by atoms with Gasteiger partial charge in [-0.25, -0.2) is 4.98 Å². The van der Waals surface area contributed by atoms with E-state index in [0.717, 1.165) is 5.56 Å². The van der Waals surface area contributed by atoms with Crippen molar-refractivity contribution in [3.05, 3.63) is 86.4 Å². The molecule has 1 aromatic carbocycles. The predicted octanol–water partition coefficient (Wildman–Crippen LogP) is 3.94. The van der Waals surface area contributed by atoms with Crippen LogP contribution in [0.5, 0.6) is 5.88 Å². The molecule has 0 aliphatic rings. The molecule has 0 atom stereocenters. The lowest BCUT2D eigenvalue weighted by Crippen LogP contribution is -2.31. The first-order valence-corrected chi connectivity index (χ1v) is 9.06. The van der Waals surface area contributed by atoms with Crippen LogP contribution in [0.1, 0.15) is 15.9 Å². The van der Waals surface area contributed by atoms with E-state index in [4.69, 9.17) is 27.9 Å². The van der Waals surface area contributed by atoms with Gasteiger partial charge in [0, 0.05) is 47.3 Å². The van der Waals surface area contributed by atoms with Crippen molar-refractivity contribution in [1.29, 1.82) is 0 Å². The Morgan fingerprint density at radius 2 is 1.86 bits per heavy atom. The molecule has 0 bridgehead atoms. The quantitative estimate of drug-likeness (QED) is 0.630. The van der Waals surface area contributed by atoms with Gasteiger partial charge in [-0.15, -0.1) is 0 Å². The van der Waals surface area contributed by atoms with Crippen LogP contribution in [0.15, 0.2) is 59.7 Å². The van der Waals surface area contributed by atoms with Crippen LogP contribution in [0.2, 0.25) is 10.0 Å². The molecule has 3 aromatic rings. The first kappa shape index (κ1) is 19.9. The van der Waals surface area contributed by atoms with Gasteiger partial charge in [0.05, 0.1) is 19.2 Å². The standard InChI is InChI=1S/C20H17Cl2N3O3/c1-24-12-14(4-6-19(24)26)20(27)25(17-8-15(21)7-16(22)9-17)11-13-3-5-18(28-2)23-10-13/h3-10,12H,11H2,1-2H3. The molecule has 0 spiro atoms. The van der Waals surface area contributed by atoms with Gasteiger partial charge < -0.3 is 14.2 Å². The van der Waals surface area contributed by atoms with Crippen molar-refractivity contribution in [3.63, 3.8) is 0 Å². The number of hydrogen-bond acceptors (Lipinski definition) is 4. The number of ether oxygens (including phenoxy) is 1. The molecule has 2 aromatic heterocycles. The fourth-order valence-electron chi connectivity index (χ4n) is 2.66. The summed E-state index contributed by atoms with van der Waals surface area (Å²) in [7, 11) is 3.12. The lowest BCUT2D eigenvalue weighted by atomic mass is 10.1. The van der Waals surface area contributed by atoms with Crippen molar-refractivity contribution in [3.8, 4) is 5.88 Å². The Morgan fingerprint density at radius 3 is 2.43 bits per heavy atom. The minimum atomic E-state index is -0.301. The zero-order chi connectivity index (χ0) is 20.3. The van der Waals surface area contributed by atoms with Crippen molar-refractivity contribution >= 4 is 34.8 Å². The van der Waals surface area contributed by atoms with Crippen LogP contribution in [0.25, 0.3) is 0 Å². The van der Waals surface area contributed by atoms with E-state index in [-0.39, 0.29) is 18.0 Å². The number of rotatable bonds is 5. The highest BCUT2D eigenvalue weighted by atomic mass is 35.5. The maximum absolute atomic E-state index is 13.2. The van der Waals surface area contributed by atoms with E-state index in [1.54, 1.807) is 37.5 Å². The zero-order valence-electron chi connectivity index (χ0n) is 15.2. The van der Waals surface area contributed by atoms with Gasteiger partial charge in [-0.2, -0.15) is 0 Å². The van der Waals surface area contributed by atoms with Gasteiger partial charge in [0.2, 0.25) is 11.4 Å². The summed E-state index contributed by atoms with van der Waals surface area (Å²) in [6.45, 7) is 0.231. The Kier molecular flexibility index (Phi) is 6.02. The number of carbonyl (C=O) groups excluding carboxylic acids is 1. The fraction of sp³-hybridized carbons (Fsp3) is 0.150. The van der Waals surface area contributed by atoms with Crippen LogP contribution in [0, 0.1) is 0 Å². The number of halogens is 2. The Bertz CT molecular complexity index is 1040. The number of aryl methyl sites for hydroxylation is 1. The maximum atomic E-state index is 13.2. The van der Waals surface area contributed by atoms with Crippen LogP contribution in [-0.4, -0.2) is 22.6 Å². The topological polar surface area (TPSA) is 64.4 Å². The molecular formula is C20H17Cl2N3O3. The lowest BCUT2D eigenvalue weighted by molar-refractivity contribution is 0.0984. The van der Waals surface area contributed by atoms with Gasteiger partial charge in [-0.3, -0.25) is 9.59 Å². The summed E-state index contributed by atoms with van der Waals surface area (Å²) in [5.74, 6) is 0.176. The second-order valence-electron chi connectivity index (χ2n) is 6.09. The summed E-state index contributed by atoms with van der Waals surface area (Å²) >= 11 is 12.3. The molecule has 1 amide bonds. The zero-order valence-corrected chi connectivity index (χ0v) is 16.7. The number of methoxy groups -OCH3 is 1. The monoisotopic (exact) mass is 417 g/mol. The normalized spacial score (nSPS) is 10.6. The summed E-state index contributed by atoms with van der Waals surface area (Å²) in [5.41, 5.74) is 1.48. The number of hydrogen-bond donors (Lipinski definition) is 0. The Hall–Kier alpha value is -2.83. The summed E-state index contributed by atoms with van der Waals surface area (Å²) in [6.07, 6.45) is 3.13. The number of amides is 1. The molecule has 6 nitrogen and oxygen atoms in total. The molecule has 0 aliphatic heterocycles.